The van der Waals surface area contributed by atoms with E-state index in [2.05, 4.69) is 38.0 Å². The van der Waals surface area contributed by atoms with Gasteiger partial charge in [0.15, 0.2) is 17.3 Å². The van der Waals surface area contributed by atoms with Crippen LogP contribution in [-0.4, -0.2) is 58.2 Å². The van der Waals surface area contributed by atoms with E-state index in [9.17, 15) is 18.4 Å². The average Bonchev–Trinajstić information content (AvgIpc) is 3.41. The number of piperidine rings is 1. The molecule has 3 N–H and O–H groups in total. The molecule has 9 nitrogen and oxygen atoms in total. The molecular formula is C31H31F2N7O2. The van der Waals surface area contributed by atoms with Gasteiger partial charge in [0.25, 0.3) is 11.8 Å². The Morgan fingerprint density at radius 2 is 1.81 bits per heavy atom. The zero-order valence-electron chi connectivity index (χ0n) is 23.3. The number of pyridine rings is 1. The lowest BCUT2D eigenvalue weighted by atomic mass is 9.94. The number of likely N-dealkylation sites (tertiary alicyclic amines) is 1. The summed E-state index contributed by atoms with van der Waals surface area (Å²) in [6.45, 7) is 4.25. The number of nitrogens with zero attached hydrogens (tertiary/aromatic N) is 4. The number of nitrogens with one attached hydrogen (secondary N) is 3. The van der Waals surface area contributed by atoms with E-state index in [1.54, 1.807) is 31.5 Å². The molecule has 2 aromatic carbocycles. The summed E-state index contributed by atoms with van der Waals surface area (Å²) in [5, 5.41) is 15.5. The van der Waals surface area contributed by atoms with Gasteiger partial charge in [0.2, 0.25) is 0 Å². The molecule has 11 heteroatoms. The number of anilines is 2. The first-order chi connectivity index (χ1) is 20.3. The molecule has 2 amide bonds. The van der Waals surface area contributed by atoms with Crippen LogP contribution in [0.25, 0.3) is 10.8 Å². The fraction of sp³-hybridized carbons (Fsp3) is 0.290. The van der Waals surface area contributed by atoms with Gasteiger partial charge in [-0.1, -0.05) is 12.1 Å². The first kappa shape index (κ1) is 27.5. The molecule has 2 aliphatic rings. The largest absolute Gasteiger partial charge is 0.350 e. The van der Waals surface area contributed by atoms with Crippen molar-refractivity contribution in [2.75, 3.05) is 37.3 Å². The highest BCUT2D eigenvalue weighted by atomic mass is 19.2. The number of benzene rings is 2. The molecule has 0 bridgehead atoms. The SMILES string of the molecule is CC1=C(C(=O)Nc2ccc3cnccc3c2)C(c2ccc(F)c(F)c2)n2nc(C(=O)NCC3CCN(C)CC3)cc2N1. The van der Waals surface area contributed by atoms with Crippen molar-refractivity contribution < 1.29 is 18.4 Å². The maximum Gasteiger partial charge on any atom is 0.271 e. The highest BCUT2D eigenvalue weighted by Crippen LogP contribution is 2.37. The number of amides is 2. The molecule has 2 aromatic heterocycles. The van der Waals surface area contributed by atoms with Gasteiger partial charge in [-0.25, -0.2) is 13.5 Å². The fourth-order valence-corrected chi connectivity index (χ4v) is 5.62. The first-order valence-electron chi connectivity index (χ1n) is 13.9. The Morgan fingerprint density at radius 1 is 1.00 bits per heavy atom. The van der Waals surface area contributed by atoms with Gasteiger partial charge >= 0.3 is 0 Å². The lowest BCUT2D eigenvalue weighted by Crippen LogP contribution is -2.37. The predicted octanol–water partition coefficient (Wildman–Crippen LogP) is 4.71. The number of carbonyl (C=O) groups is 2. The Labute approximate surface area is 241 Å². The van der Waals surface area contributed by atoms with Crippen molar-refractivity contribution in [1.29, 1.82) is 0 Å². The van der Waals surface area contributed by atoms with Gasteiger partial charge < -0.3 is 20.9 Å². The summed E-state index contributed by atoms with van der Waals surface area (Å²) in [5.74, 6) is -1.98. The van der Waals surface area contributed by atoms with Crippen molar-refractivity contribution in [2.24, 2.45) is 5.92 Å². The third kappa shape index (κ3) is 5.47. The lowest BCUT2D eigenvalue weighted by Gasteiger charge is -2.29. The van der Waals surface area contributed by atoms with E-state index in [0.29, 0.717) is 35.2 Å². The molecule has 1 atom stereocenters. The van der Waals surface area contributed by atoms with Crippen LogP contribution < -0.4 is 16.0 Å². The molecule has 0 aliphatic carbocycles. The number of carbonyl (C=O) groups excluding carboxylic acids is 2. The van der Waals surface area contributed by atoms with Crippen LogP contribution in [0.3, 0.4) is 0 Å². The van der Waals surface area contributed by atoms with E-state index >= 15 is 0 Å². The number of aromatic nitrogens is 3. The molecule has 216 valence electrons. The highest BCUT2D eigenvalue weighted by molar-refractivity contribution is 6.07. The summed E-state index contributed by atoms with van der Waals surface area (Å²) in [6.07, 6.45) is 5.42. The molecule has 1 unspecified atom stereocenters. The normalized spacial score (nSPS) is 17.6. The van der Waals surface area contributed by atoms with Crippen LogP contribution in [-0.2, 0) is 4.79 Å². The number of hydrogen-bond donors (Lipinski definition) is 3. The van der Waals surface area contributed by atoms with Crippen molar-refractivity contribution in [3.63, 3.8) is 0 Å². The molecule has 42 heavy (non-hydrogen) atoms. The monoisotopic (exact) mass is 571 g/mol. The standard InChI is InChI=1S/C31H31F2N7O2/c1-18-28(31(42)37-23-5-3-22-17-34-10-7-20(22)13-23)29(21-4-6-24(32)25(33)14-21)40-27(36-18)15-26(38-40)30(41)35-16-19-8-11-39(2)12-9-19/h3-7,10,13-15,17,19,29,36H,8-9,11-12,16H2,1-2H3,(H,35,41)(H,37,42). The summed E-state index contributed by atoms with van der Waals surface area (Å²) in [7, 11) is 2.09. The Kier molecular flexibility index (Phi) is 7.42. The molecule has 0 radical (unpaired) electrons. The Morgan fingerprint density at radius 3 is 2.60 bits per heavy atom. The lowest BCUT2D eigenvalue weighted by molar-refractivity contribution is -0.113. The summed E-state index contributed by atoms with van der Waals surface area (Å²) in [5.41, 5.74) is 1.79. The molecule has 1 fully saturated rings. The van der Waals surface area contributed by atoms with Gasteiger partial charge in [0, 0.05) is 41.8 Å². The molecule has 6 rings (SSSR count). The van der Waals surface area contributed by atoms with Crippen molar-refractivity contribution in [1.82, 2.24) is 25.0 Å². The van der Waals surface area contributed by atoms with Crippen LogP contribution in [0.2, 0.25) is 0 Å². The van der Waals surface area contributed by atoms with Crippen molar-refractivity contribution in [3.8, 4) is 0 Å². The van der Waals surface area contributed by atoms with Gasteiger partial charge in [-0.2, -0.15) is 5.10 Å². The number of hydrogen-bond acceptors (Lipinski definition) is 6. The summed E-state index contributed by atoms with van der Waals surface area (Å²) in [6, 6.07) is 11.5. The Hall–Kier alpha value is -4.64. The smallest absolute Gasteiger partial charge is 0.271 e. The van der Waals surface area contributed by atoms with E-state index in [4.69, 9.17) is 0 Å². The van der Waals surface area contributed by atoms with E-state index in [1.165, 1.54) is 10.7 Å². The van der Waals surface area contributed by atoms with Gasteiger partial charge in [-0.15, -0.1) is 0 Å². The maximum atomic E-state index is 14.5. The Balaban J connectivity index is 1.30. The second kappa shape index (κ2) is 11.3. The second-order valence-corrected chi connectivity index (χ2v) is 10.9. The fourth-order valence-electron chi connectivity index (χ4n) is 5.62. The van der Waals surface area contributed by atoms with Crippen molar-refractivity contribution >= 4 is 34.1 Å². The number of rotatable bonds is 6. The molecule has 0 spiro atoms. The number of allylic oxidation sites excluding steroid dienone is 1. The minimum atomic E-state index is -1.05. The summed E-state index contributed by atoms with van der Waals surface area (Å²) in [4.78, 5) is 33.3. The minimum Gasteiger partial charge on any atom is -0.350 e. The van der Waals surface area contributed by atoms with Gasteiger partial charge in [-0.3, -0.25) is 14.6 Å². The molecule has 1 saturated heterocycles. The quantitative estimate of drug-likeness (QED) is 0.310. The second-order valence-electron chi connectivity index (χ2n) is 10.9. The van der Waals surface area contributed by atoms with E-state index < -0.39 is 23.6 Å². The number of halogens is 2. The van der Waals surface area contributed by atoms with Crippen molar-refractivity contribution in [3.05, 3.63) is 95.1 Å². The average molecular weight is 572 g/mol. The highest BCUT2D eigenvalue weighted by Gasteiger charge is 2.35. The molecule has 4 heterocycles. The predicted molar refractivity (Wildman–Crippen MR) is 156 cm³/mol. The molecule has 0 saturated carbocycles. The third-order valence-corrected chi connectivity index (χ3v) is 8.00. The zero-order chi connectivity index (χ0) is 29.4. The topological polar surface area (TPSA) is 104 Å². The summed E-state index contributed by atoms with van der Waals surface area (Å²) < 4.78 is 29.9. The van der Waals surface area contributed by atoms with Crippen LogP contribution >= 0.6 is 0 Å². The van der Waals surface area contributed by atoms with Crippen LogP contribution in [0, 0.1) is 17.6 Å². The van der Waals surface area contributed by atoms with E-state index in [1.807, 2.05) is 18.2 Å². The van der Waals surface area contributed by atoms with Crippen molar-refractivity contribution in [2.45, 2.75) is 25.8 Å². The van der Waals surface area contributed by atoms with Gasteiger partial charge in [-0.05, 0) is 87.1 Å². The maximum absolute atomic E-state index is 14.5. The molecular weight excluding hydrogens is 540 g/mol. The Bertz CT molecular complexity index is 1710. The number of fused-ring (bicyclic) bond motifs is 2. The molecule has 4 aromatic rings. The molecule has 2 aliphatic heterocycles. The van der Waals surface area contributed by atoms with Crippen LogP contribution in [0.15, 0.2) is 72.2 Å². The van der Waals surface area contributed by atoms with Gasteiger partial charge in [0.1, 0.15) is 11.9 Å². The first-order valence-corrected chi connectivity index (χ1v) is 13.9. The van der Waals surface area contributed by atoms with Crippen LogP contribution in [0.4, 0.5) is 20.3 Å². The van der Waals surface area contributed by atoms with E-state index in [0.717, 1.165) is 48.8 Å². The third-order valence-electron chi connectivity index (χ3n) is 8.00. The van der Waals surface area contributed by atoms with E-state index in [-0.39, 0.29) is 17.2 Å². The van der Waals surface area contributed by atoms with Crippen LogP contribution in [0.5, 0.6) is 0 Å². The summed E-state index contributed by atoms with van der Waals surface area (Å²) >= 11 is 0. The minimum absolute atomic E-state index is 0.163. The zero-order valence-corrected chi connectivity index (χ0v) is 23.3. The van der Waals surface area contributed by atoms with Crippen LogP contribution in [0.1, 0.15) is 41.9 Å². The van der Waals surface area contributed by atoms with Gasteiger partial charge in [0.05, 0.1) is 5.57 Å².